The number of ether oxygens (including phenoxy) is 1. The van der Waals surface area contributed by atoms with E-state index in [0.717, 1.165) is 35.9 Å². The molecular weight excluding hydrogens is 342 g/mol. The molecule has 0 saturated carbocycles. The molecule has 1 amide bonds. The van der Waals surface area contributed by atoms with Crippen LogP contribution in [0.15, 0.2) is 28.7 Å². The van der Waals surface area contributed by atoms with Crippen molar-refractivity contribution >= 4 is 21.8 Å². The van der Waals surface area contributed by atoms with E-state index in [4.69, 9.17) is 4.74 Å². The predicted octanol–water partition coefficient (Wildman–Crippen LogP) is 4.16. The molecule has 0 aliphatic heterocycles. The molecule has 0 fully saturated rings. The summed E-state index contributed by atoms with van der Waals surface area (Å²) in [5.74, 6) is 6.84. The molecule has 0 spiro atoms. The molecule has 0 atom stereocenters. The first kappa shape index (κ1) is 18.6. The standard InChI is InChI=1S/C18H24BrNO2/c1-3-8-15(9-4-2)18(21)20-12-5-6-13-22-17-11-7-10-16(19)14-17/h7,10-11,14-15H,3-4,8-9,12-13H2,1-2H3,(H,20,21). The highest BCUT2D eigenvalue weighted by atomic mass is 79.9. The molecule has 4 heteroatoms. The summed E-state index contributed by atoms with van der Waals surface area (Å²) in [5.41, 5.74) is 0. The number of carbonyl (C=O) groups is 1. The average Bonchev–Trinajstić information content (AvgIpc) is 2.50. The smallest absolute Gasteiger partial charge is 0.223 e. The first-order valence-corrected chi connectivity index (χ1v) is 8.58. The summed E-state index contributed by atoms with van der Waals surface area (Å²) in [6, 6.07) is 7.63. The van der Waals surface area contributed by atoms with E-state index in [1.165, 1.54) is 0 Å². The van der Waals surface area contributed by atoms with Crippen LogP contribution < -0.4 is 10.1 Å². The van der Waals surface area contributed by atoms with Gasteiger partial charge in [0, 0.05) is 10.4 Å². The number of halogens is 1. The average molecular weight is 366 g/mol. The first-order chi connectivity index (χ1) is 10.7. The summed E-state index contributed by atoms with van der Waals surface area (Å²) in [7, 11) is 0. The molecule has 0 radical (unpaired) electrons. The highest BCUT2D eigenvalue weighted by Gasteiger charge is 2.15. The molecular formula is C18H24BrNO2. The summed E-state index contributed by atoms with van der Waals surface area (Å²) in [5, 5.41) is 2.88. The minimum atomic E-state index is 0.117. The normalized spacial score (nSPS) is 10.0. The van der Waals surface area contributed by atoms with Gasteiger partial charge in [-0.3, -0.25) is 4.79 Å². The van der Waals surface area contributed by atoms with E-state index in [9.17, 15) is 4.79 Å². The fourth-order valence-corrected chi connectivity index (χ4v) is 2.55. The van der Waals surface area contributed by atoms with E-state index >= 15 is 0 Å². The minimum absolute atomic E-state index is 0.117. The third kappa shape index (κ3) is 7.51. The van der Waals surface area contributed by atoms with E-state index in [1.807, 2.05) is 24.3 Å². The Labute approximate surface area is 142 Å². The van der Waals surface area contributed by atoms with Crippen LogP contribution in [0, 0.1) is 17.8 Å². The molecule has 0 aromatic heterocycles. The summed E-state index contributed by atoms with van der Waals surface area (Å²) in [6.45, 7) is 4.91. The zero-order valence-corrected chi connectivity index (χ0v) is 14.9. The molecule has 0 bridgehead atoms. The van der Waals surface area contributed by atoms with Gasteiger partial charge in [0.25, 0.3) is 0 Å². The summed E-state index contributed by atoms with van der Waals surface area (Å²) in [4.78, 5) is 12.0. The Kier molecular flexibility index (Phi) is 9.41. The van der Waals surface area contributed by atoms with Gasteiger partial charge < -0.3 is 10.1 Å². The lowest BCUT2D eigenvalue weighted by molar-refractivity contribution is -0.125. The monoisotopic (exact) mass is 365 g/mol. The van der Waals surface area contributed by atoms with Gasteiger partial charge in [0.05, 0.1) is 6.54 Å². The lowest BCUT2D eigenvalue weighted by atomic mass is 9.97. The second-order valence-electron chi connectivity index (χ2n) is 5.09. The molecule has 3 nitrogen and oxygen atoms in total. The van der Waals surface area contributed by atoms with Crippen molar-refractivity contribution in [1.29, 1.82) is 0 Å². The molecule has 0 unspecified atom stereocenters. The van der Waals surface area contributed by atoms with Gasteiger partial charge in [0.1, 0.15) is 12.4 Å². The molecule has 1 rings (SSSR count). The minimum Gasteiger partial charge on any atom is -0.481 e. The van der Waals surface area contributed by atoms with E-state index in [-0.39, 0.29) is 11.8 Å². The van der Waals surface area contributed by atoms with Gasteiger partial charge >= 0.3 is 0 Å². The van der Waals surface area contributed by atoms with Crippen LogP contribution in [-0.4, -0.2) is 19.1 Å². The second kappa shape index (κ2) is 11.1. The Morgan fingerprint density at radius 2 is 2.00 bits per heavy atom. The van der Waals surface area contributed by atoms with E-state index in [0.29, 0.717) is 13.2 Å². The lowest BCUT2D eigenvalue weighted by Gasteiger charge is -2.13. The highest BCUT2D eigenvalue weighted by molar-refractivity contribution is 9.10. The Morgan fingerprint density at radius 1 is 1.27 bits per heavy atom. The third-order valence-electron chi connectivity index (χ3n) is 3.23. The predicted molar refractivity (Wildman–Crippen MR) is 93.7 cm³/mol. The van der Waals surface area contributed by atoms with Crippen LogP contribution in [-0.2, 0) is 4.79 Å². The largest absolute Gasteiger partial charge is 0.481 e. The van der Waals surface area contributed by atoms with Crippen molar-refractivity contribution in [3.05, 3.63) is 28.7 Å². The maximum Gasteiger partial charge on any atom is 0.223 e. The van der Waals surface area contributed by atoms with Crippen molar-refractivity contribution in [3.63, 3.8) is 0 Å². The maximum absolute atomic E-state index is 12.0. The molecule has 0 aliphatic carbocycles. The zero-order valence-electron chi connectivity index (χ0n) is 13.3. The lowest BCUT2D eigenvalue weighted by Crippen LogP contribution is -2.31. The Morgan fingerprint density at radius 3 is 2.64 bits per heavy atom. The Hall–Kier alpha value is -1.47. The first-order valence-electron chi connectivity index (χ1n) is 7.79. The van der Waals surface area contributed by atoms with Crippen molar-refractivity contribution in [1.82, 2.24) is 5.32 Å². The van der Waals surface area contributed by atoms with Crippen LogP contribution in [0.2, 0.25) is 0 Å². The number of rotatable bonds is 8. The maximum atomic E-state index is 12.0. The van der Waals surface area contributed by atoms with Crippen LogP contribution in [0.3, 0.4) is 0 Å². The van der Waals surface area contributed by atoms with Crippen molar-refractivity contribution in [2.24, 2.45) is 5.92 Å². The molecule has 1 N–H and O–H groups in total. The van der Waals surface area contributed by atoms with Crippen LogP contribution in [0.5, 0.6) is 5.75 Å². The molecule has 0 saturated heterocycles. The van der Waals surface area contributed by atoms with Gasteiger partial charge in [-0.2, -0.15) is 0 Å². The number of nitrogens with one attached hydrogen (secondary N) is 1. The number of hydrogen-bond acceptors (Lipinski definition) is 2. The van der Waals surface area contributed by atoms with Gasteiger partial charge in [-0.05, 0) is 31.0 Å². The molecule has 120 valence electrons. The quantitative estimate of drug-likeness (QED) is 0.702. The van der Waals surface area contributed by atoms with Gasteiger partial charge in [-0.25, -0.2) is 0 Å². The van der Waals surface area contributed by atoms with Gasteiger partial charge in [-0.1, -0.05) is 60.5 Å². The second-order valence-corrected chi connectivity index (χ2v) is 6.01. The molecule has 1 aromatic rings. The van der Waals surface area contributed by atoms with Crippen LogP contribution >= 0.6 is 15.9 Å². The summed E-state index contributed by atoms with van der Waals surface area (Å²) >= 11 is 3.39. The number of carbonyl (C=O) groups excluding carboxylic acids is 1. The number of benzene rings is 1. The number of hydrogen-bond donors (Lipinski definition) is 1. The van der Waals surface area contributed by atoms with Crippen molar-refractivity contribution in [2.45, 2.75) is 39.5 Å². The summed E-state index contributed by atoms with van der Waals surface area (Å²) in [6.07, 6.45) is 3.95. The molecule has 0 heterocycles. The van der Waals surface area contributed by atoms with Gasteiger partial charge in [0.15, 0.2) is 0 Å². The molecule has 0 aliphatic rings. The number of amides is 1. The van der Waals surface area contributed by atoms with E-state index in [1.54, 1.807) is 0 Å². The van der Waals surface area contributed by atoms with Gasteiger partial charge in [-0.15, -0.1) is 0 Å². The van der Waals surface area contributed by atoms with Crippen molar-refractivity contribution < 1.29 is 9.53 Å². The van der Waals surface area contributed by atoms with E-state index < -0.39 is 0 Å². The topological polar surface area (TPSA) is 38.3 Å². The Balaban J connectivity index is 2.27. The Bertz CT molecular complexity index is 513. The molecule has 22 heavy (non-hydrogen) atoms. The fraction of sp³-hybridized carbons (Fsp3) is 0.500. The summed E-state index contributed by atoms with van der Waals surface area (Å²) < 4.78 is 6.48. The molecule has 1 aromatic carbocycles. The van der Waals surface area contributed by atoms with Crippen LogP contribution in [0.1, 0.15) is 39.5 Å². The van der Waals surface area contributed by atoms with E-state index in [2.05, 4.69) is 46.9 Å². The third-order valence-corrected chi connectivity index (χ3v) is 3.72. The highest BCUT2D eigenvalue weighted by Crippen LogP contribution is 2.17. The van der Waals surface area contributed by atoms with Crippen molar-refractivity contribution in [3.8, 4) is 17.6 Å². The SMILES string of the molecule is CCCC(CCC)C(=O)NCC#CCOc1cccc(Br)c1. The van der Waals surface area contributed by atoms with Crippen LogP contribution in [0.4, 0.5) is 0 Å². The van der Waals surface area contributed by atoms with Crippen LogP contribution in [0.25, 0.3) is 0 Å². The van der Waals surface area contributed by atoms with Crippen molar-refractivity contribution in [2.75, 3.05) is 13.2 Å². The fourth-order valence-electron chi connectivity index (χ4n) is 2.17. The zero-order chi connectivity index (χ0) is 16.2. The van der Waals surface area contributed by atoms with Gasteiger partial charge in [0.2, 0.25) is 5.91 Å².